The molecule has 0 aliphatic carbocycles. The fourth-order valence-electron chi connectivity index (χ4n) is 4.68. The van der Waals surface area contributed by atoms with E-state index >= 15 is 0 Å². The first-order valence-electron chi connectivity index (χ1n) is 11.4. The lowest BCUT2D eigenvalue weighted by atomic mass is 10.0. The van der Waals surface area contributed by atoms with Crippen molar-refractivity contribution in [3.63, 3.8) is 0 Å². The van der Waals surface area contributed by atoms with Gasteiger partial charge in [-0.2, -0.15) is 0 Å². The Morgan fingerprint density at radius 2 is 1.76 bits per heavy atom. The summed E-state index contributed by atoms with van der Waals surface area (Å²) >= 11 is 0. The highest BCUT2D eigenvalue weighted by molar-refractivity contribution is 5.85. The standard InChI is InChI=1S/C24H29FN6O.ClH/c1-18-4-6-19(7-5-18)23(24-26-27-28-31(24)17-22-3-2-16-32-22)30-14-12-29(13-15-30)21-10-8-20(25)9-11-21;/h4-11,22-23H,2-3,12-17H2,1H3;1H. The Hall–Kier alpha value is -2.55. The van der Waals surface area contributed by atoms with Crippen molar-refractivity contribution in [3.8, 4) is 0 Å². The maximum absolute atomic E-state index is 13.3. The van der Waals surface area contributed by atoms with Gasteiger partial charge in [0.25, 0.3) is 0 Å². The minimum Gasteiger partial charge on any atom is -0.376 e. The van der Waals surface area contributed by atoms with Gasteiger partial charge in [-0.25, -0.2) is 9.07 Å². The molecule has 1 aromatic heterocycles. The van der Waals surface area contributed by atoms with E-state index in [9.17, 15) is 4.39 Å². The first kappa shape index (κ1) is 23.6. The van der Waals surface area contributed by atoms with Crippen molar-refractivity contribution in [2.45, 2.75) is 38.5 Å². The molecule has 0 radical (unpaired) electrons. The molecular weight excluding hydrogens is 443 g/mol. The lowest BCUT2D eigenvalue weighted by Crippen LogP contribution is -2.48. The molecule has 0 bridgehead atoms. The predicted octanol–water partition coefficient (Wildman–Crippen LogP) is 3.63. The van der Waals surface area contributed by atoms with E-state index in [0.717, 1.165) is 57.1 Å². The number of rotatable bonds is 6. The van der Waals surface area contributed by atoms with E-state index in [0.29, 0.717) is 6.54 Å². The van der Waals surface area contributed by atoms with E-state index in [2.05, 4.69) is 56.5 Å². The summed E-state index contributed by atoms with van der Waals surface area (Å²) in [4.78, 5) is 4.75. The van der Waals surface area contributed by atoms with Gasteiger partial charge in [0, 0.05) is 38.5 Å². The first-order chi connectivity index (χ1) is 15.7. The Balaban J connectivity index is 0.00000259. The zero-order chi connectivity index (χ0) is 21.9. The van der Waals surface area contributed by atoms with Crippen LogP contribution in [0.3, 0.4) is 0 Å². The van der Waals surface area contributed by atoms with E-state index in [4.69, 9.17) is 4.74 Å². The third-order valence-corrected chi connectivity index (χ3v) is 6.47. The third kappa shape index (κ3) is 5.34. The Labute approximate surface area is 199 Å². The van der Waals surface area contributed by atoms with Crippen LogP contribution in [0.15, 0.2) is 48.5 Å². The molecule has 2 unspecified atom stereocenters. The van der Waals surface area contributed by atoms with Gasteiger partial charge in [-0.15, -0.1) is 17.5 Å². The van der Waals surface area contributed by atoms with Crippen LogP contribution in [0.25, 0.3) is 0 Å². The number of tetrazole rings is 1. The first-order valence-corrected chi connectivity index (χ1v) is 11.4. The molecule has 33 heavy (non-hydrogen) atoms. The molecular formula is C24H30ClFN6O. The second kappa shape index (κ2) is 10.6. The molecule has 9 heteroatoms. The Kier molecular flexibility index (Phi) is 7.57. The summed E-state index contributed by atoms with van der Waals surface area (Å²) in [5, 5.41) is 12.8. The van der Waals surface area contributed by atoms with Crippen LogP contribution in [0.4, 0.5) is 10.1 Å². The van der Waals surface area contributed by atoms with Gasteiger partial charge in [-0.1, -0.05) is 29.8 Å². The second-order valence-electron chi connectivity index (χ2n) is 8.67. The average molecular weight is 473 g/mol. The van der Waals surface area contributed by atoms with Crippen LogP contribution in [0, 0.1) is 12.7 Å². The number of hydrogen-bond acceptors (Lipinski definition) is 6. The Morgan fingerprint density at radius 3 is 2.42 bits per heavy atom. The fraction of sp³-hybridized carbons (Fsp3) is 0.458. The molecule has 176 valence electrons. The van der Waals surface area contributed by atoms with Gasteiger partial charge < -0.3 is 9.64 Å². The van der Waals surface area contributed by atoms with Crippen LogP contribution in [0.1, 0.15) is 35.8 Å². The molecule has 2 atom stereocenters. The number of piperazine rings is 1. The second-order valence-corrected chi connectivity index (χ2v) is 8.67. The van der Waals surface area contributed by atoms with E-state index in [1.54, 1.807) is 0 Å². The van der Waals surface area contributed by atoms with Crippen molar-refractivity contribution in [1.29, 1.82) is 0 Å². The van der Waals surface area contributed by atoms with Gasteiger partial charge in [0.15, 0.2) is 5.82 Å². The van der Waals surface area contributed by atoms with Crippen LogP contribution in [0.2, 0.25) is 0 Å². The van der Waals surface area contributed by atoms with Crippen LogP contribution < -0.4 is 4.90 Å². The molecule has 2 aliphatic heterocycles. The van der Waals surface area contributed by atoms with Gasteiger partial charge in [-0.3, -0.25) is 4.90 Å². The highest BCUT2D eigenvalue weighted by Gasteiger charge is 2.31. The summed E-state index contributed by atoms with van der Waals surface area (Å²) < 4.78 is 21.1. The topological polar surface area (TPSA) is 59.3 Å². The van der Waals surface area contributed by atoms with Crippen LogP contribution in [0.5, 0.6) is 0 Å². The molecule has 0 amide bonds. The molecule has 5 rings (SSSR count). The summed E-state index contributed by atoms with van der Waals surface area (Å²) in [6.45, 7) is 7.05. The highest BCUT2D eigenvalue weighted by Crippen LogP contribution is 2.30. The van der Waals surface area contributed by atoms with Gasteiger partial charge in [0.2, 0.25) is 0 Å². The number of aryl methyl sites for hydroxylation is 1. The van der Waals surface area contributed by atoms with E-state index in [1.165, 1.54) is 23.3 Å². The minimum absolute atomic E-state index is 0. The molecule has 7 nitrogen and oxygen atoms in total. The Morgan fingerprint density at radius 1 is 1.03 bits per heavy atom. The lowest BCUT2D eigenvalue weighted by Gasteiger charge is -2.40. The summed E-state index contributed by atoms with van der Waals surface area (Å²) in [7, 11) is 0. The molecule has 0 N–H and O–H groups in total. The molecule has 0 spiro atoms. The van der Waals surface area contributed by atoms with Crippen molar-refractivity contribution in [2.24, 2.45) is 0 Å². The lowest BCUT2D eigenvalue weighted by molar-refractivity contribution is 0.0906. The third-order valence-electron chi connectivity index (χ3n) is 6.47. The van der Waals surface area contributed by atoms with Crippen molar-refractivity contribution in [3.05, 3.63) is 71.3 Å². The van der Waals surface area contributed by atoms with Crippen LogP contribution in [-0.4, -0.2) is 64.0 Å². The van der Waals surface area contributed by atoms with E-state index in [1.807, 2.05) is 16.8 Å². The number of hydrogen-bond donors (Lipinski definition) is 0. The van der Waals surface area contributed by atoms with Gasteiger partial charge in [0.1, 0.15) is 5.82 Å². The normalized spacial score (nSPS) is 19.9. The number of anilines is 1. The van der Waals surface area contributed by atoms with Gasteiger partial charge in [0.05, 0.1) is 18.7 Å². The number of benzene rings is 2. The quantitative estimate of drug-likeness (QED) is 0.546. The number of halogens is 2. The Bertz CT molecular complexity index is 1010. The van der Waals surface area contributed by atoms with Crippen molar-refractivity contribution in [1.82, 2.24) is 25.1 Å². The van der Waals surface area contributed by atoms with Crippen LogP contribution >= 0.6 is 12.4 Å². The molecule has 2 aromatic carbocycles. The van der Waals surface area contributed by atoms with E-state index < -0.39 is 0 Å². The molecule has 2 fully saturated rings. The maximum atomic E-state index is 13.3. The highest BCUT2D eigenvalue weighted by atomic mass is 35.5. The number of ether oxygens (including phenoxy) is 1. The van der Waals surface area contributed by atoms with E-state index in [-0.39, 0.29) is 30.4 Å². The summed E-state index contributed by atoms with van der Waals surface area (Å²) in [5.41, 5.74) is 3.47. The smallest absolute Gasteiger partial charge is 0.173 e. The SMILES string of the molecule is Cc1ccc(C(c2nnnn2CC2CCCO2)N2CCN(c3ccc(F)cc3)CC2)cc1.Cl. The number of nitrogens with zero attached hydrogens (tertiary/aromatic N) is 6. The molecule has 3 heterocycles. The fourth-order valence-corrected chi connectivity index (χ4v) is 4.68. The minimum atomic E-state index is -0.204. The predicted molar refractivity (Wildman–Crippen MR) is 127 cm³/mol. The summed E-state index contributed by atoms with van der Waals surface area (Å²) in [6, 6.07) is 15.4. The van der Waals surface area contributed by atoms with Crippen molar-refractivity contribution >= 4 is 18.1 Å². The largest absolute Gasteiger partial charge is 0.376 e. The zero-order valence-corrected chi connectivity index (χ0v) is 19.6. The zero-order valence-electron chi connectivity index (χ0n) is 18.8. The molecule has 3 aromatic rings. The summed E-state index contributed by atoms with van der Waals surface area (Å²) in [5.74, 6) is 0.657. The molecule has 2 aliphatic rings. The van der Waals surface area contributed by atoms with Crippen molar-refractivity contribution in [2.75, 3.05) is 37.7 Å². The molecule has 0 saturated carbocycles. The maximum Gasteiger partial charge on any atom is 0.173 e. The molecule has 2 saturated heterocycles. The van der Waals surface area contributed by atoms with Gasteiger partial charge >= 0.3 is 0 Å². The summed E-state index contributed by atoms with van der Waals surface area (Å²) in [6.07, 6.45) is 2.31. The monoisotopic (exact) mass is 472 g/mol. The average Bonchev–Trinajstić information content (AvgIpc) is 3.49. The van der Waals surface area contributed by atoms with Crippen LogP contribution in [-0.2, 0) is 11.3 Å². The number of aromatic nitrogens is 4. The van der Waals surface area contributed by atoms with Crippen molar-refractivity contribution < 1.29 is 9.13 Å². The van der Waals surface area contributed by atoms with Gasteiger partial charge in [-0.05, 0) is 60.0 Å².